The Hall–Kier alpha value is -2.83. The number of imide groups is 1. The summed E-state index contributed by atoms with van der Waals surface area (Å²) in [6.07, 6.45) is 5.24. The number of carbonyl (C=O) groups excluding carboxylic acids is 3. The van der Waals surface area contributed by atoms with Crippen molar-refractivity contribution in [3.63, 3.8) is 0 Å². The summed E-state index contributed by atoms with van der Waals surface area (Å²) >= 11 is 0. The third-order valence-corrected chi connectivity index (χ3v) is 5.09. The normalized spacial score (nSPS) is 23.3. The fourth-order valence-electron chi connectivity index (χ4n) is 3.64. The van der Waals surface area contributed by atoms with E-state index in [9.17, 15) is 14.4 Å². The second kappa shape index (κ2) is 6.82. The Morgan fingerprint density at radius 2 is 1.77 bits per heavy atom. The molecule has 0 bridgehead atoms. The number of likely N-dealkylation sites (tertiary alicyclic amines) is 1. The van der Waals surface area contributed by atoms with Gasteiger partial charge in [-0.05, 0) is 30.5 Å². The Balaban J connectivity index is 1.28. The molecular formula is C19H20N2O5. The molecule has 7 nitrogen and oxygen atoms in total. The van der Waals surface area contributed by atoms with E-state index < -0.39 is 0 Å². The smallest absolute Gasteiger partial charge is 0.233 e. The number of ether oxygens (including phenoxy) is 2. The van der Waals surface area contributed by atoms with Gasteiger partial charge in [-0.15, -0.1) is 0 Å². The van der Waals surface area contributed by atoms with Gasteiger partial charge in [0, 0.05) is 19.5 Å². The first-order chi connectivity index (χ1) is 12.6. The quantitative estimate of drug-likeness (QED) is 0.636. The molecule has 1 N–H and O–H groups in total. The first-order valence-electron chi connectivity index (χ1n) is 8.79. The van der Waals surface area contributed by atoms with Gasteiger partial charge in [0.25, 0.3) is 0 Å². The maximum absolute atomic E-state index is 12.4. The Morgan fingerprint density at radius 3 is 2.50 bits per heavy atom. The summed E-state index contributed by atoms with van der Waals surface area (Å²) in [6.45, 7) is 0.699. The molecule has 3 amide bonds. The molecule has 0 radical (unpaired) electrons. The molecule has 26 heavy (non-hydrogen) atoms. The number of hydrogen-bond donors (Lipinski definition) is 1. The molecular weight excluding hydrogens is 336 g/mol. The molecule has 2 heterocycles. The summed E-state index contributed by atoms with van der Waals surface area (Å²) < 4.78 is 10.6. The minimum Gasteiger partial charge on any atom is -0.454 e. The molecule has 1 aromatic carbocycles. The van der Waals surface area contributed by atoms with Crippen LogP contribution in [0.4, 0.5) is 0 Å². The molecule has 1 aliphatic carbocycles. The zero-order valence-electron chi connectivity index (χ0n) is 14.3. The molecule has 2 aliphatic heterocycles. The highest BCUT2D eigenvalue weighted by Gasteiger charge is 2.46. The highest BCUT2D eigenvalue weighted by atomic mass is 16.7. The second-order valence-electron chi connectivity index (χ2n) is 6.70. The van der Waals surface area contributed by atoms with Crippen LogP contribution in [0.15, 0.2) is 30.4 Å². The number of amides is 3. The van der Waals surface area contributed by atoms with Gasteiger partial charge in [0.1, 0.15) is 0 Å². The van der Waals surface area contributed by atoms with Crippen molar-refractivity contribution in [2.75, 3.05) is 13.3 Å². The predicted octanol–water partition coefficient (Wildman–Crippen LogP) is 1.37. The van der Waals surface area contributed by atoms with Crippen molar-refractivity contribution in [1.82, 2.24) is 10.2 Å². The largest absolute Gasteiger partial charge is 0.454 e. The maximum atomic E-state index is 12.4. The molecule has 0 saturated carbocycles. The van der Waals surface area contributed by atoms with Crippen LogP contribution in [-0.2, 0) is 20.9 Å². The molecule has 0 unspecified atom stereocenters. The molecule has 1 fully saturated rings. The van der Waals surface area contributed by atoms with Crippen molar-refractivity contribution in [3.8, 4) is 11.5 Å². The van der Waals surface area contributed by atoms with Crippen LogP contribution in [0.3, 0.4) is 0 Å². The molecule has 7 heteroatoms. The minimum atomic E-state index is -0.246. The third kappa shape index (κ3) is 3.05. The zero-order chi connectivity index (χ0) is 18.1. The molecule has 2 atom stereocenters. The van der Waals surface area contributed by atoms with E-state index in [0.29, 0.717) is 30.9 Å². The number of rotatable bonds is 5. The van der Waals surface area contributed by atoms with Crippen molar-refractivity contribution < 1.29 is 23.9 Å². The van der Waals surface area contributed by atoms with Gasteiger partial charge in [-0.1, -0.05) is 18.2 Å². The van der Waals surface area contributed by atoms with Gasteiger partial charge >= 0.3 is 0 Å². The van der Waals surface area contributed by atoms with E-state index >= 15 is 0 Å². The van der Waals surface area contributed by atoms with Crippen molar-refractivity contribution in [3.05, 3.63) is 35.9 Å². The molecule has 1 saturated heterocycles. The highest BCUT2D eigenvalue weighted by molar-refractivity contribution is 6.05. The van der Waals surface area contributed by atoms with Crippen LogP contribution >= 0.6 is 0 Å². The van der Waals surface area contributed by atoms with E-state index in [1.54, 1.807) is 6.07 Å². The van der Waals surface area contributed by atoms with Gasteiger partial charge in [0.2, 0.25) is 24.5 Å². The number of hydrogen-bond acceptors (Lipinski definition) is 5. The summed E-state index contributed by atoms with van der Waals surface area (Å²) in [5, 5.41) is 2.81. The van der Waals surface area contributed by atoms with Crippen LogP contribution in [0.1, 0.15) is 24.8 Å². The summed E-state index contributed by atoms with van der Waals surface area (Å²) in [5.74, 6) is 0.383. The van der Waals surface area contributed by atoms with Gasteiger partial charge in [0.15, 0.2) is 11.5 Å². The van der Waals surface area contributed by atoms with Gasteiger partial charge in [0.05, 0.1) is 11.8 Å². The van der Waals surface area contributed by atoms with Crippen LogP contribution in [0.2, 0.25) is 0 Å². The summed E-state index contributed by atoms with van der Waals surface area (Å²) in [6, 6.07) is 5.49. The SMILES string of the molecule is O=C(CCN1C(=O)[C@H]2CC=CC[C@H]2C1=O)NCc1ccc2c(c1)OCO2. The molecule has 4 rings (SSSR count). The van der Waals surface area contributed by atoms with Crippen molar-refractivity contribution in [1.29, 1.82) is 0 Å². The van der Waals surface area contributed by atoms with E-state index in [2.05, 4.69) is 5.32 Å². The van der Waals surface area contributed by atoms with Gasteiger partial charge in [-0.25, -0.2) is 0 Å². The first kappa shape index (κ1) is 16.6. The van der Waals surface area contributed by atoms with Gasteiger partial charge in [-0.3, -0.25) is 19.3 Å². The molecule has 0 aromatic heterocycles. The topological polar surface area (TPSA) is 84.9 Å². The van der Waals surface area contributed by atoms with Crippen LogP contribution in [0, 0.1) is 11.8 Å². The minimum absolute atomic E-state index is 0.106. The standard InChI is InChI=1S/C19H20N2O5/c22-17(20-10-12-5-6-15-16(9-12)26-11-25-15)7-8-21-18(23)13-3-1-2-4-14(13)19(21)24/h1-2,5-6,9,13-14H,3-4,7-8,10-11H2,(H,20,22)/t13-,14+. The fourth-order valence-corrected chi connectivity index (χ4v) is 3.64. The molecule has 0 spiro atoms. The van der Waals surface area contributed by atoms with Gasteiger partial charge < -0.3 is 14.8 Å². The Bertz CT molecular complexity index is 762. The van der Waals surface area contributed by atoms with Gasteiger partial charge in [-0.2, -0.15) is 0 Å². The summed E-state index contributed by atoms with van der Waals surface area (Å²) in [7, 11) is 0. The lowest BCUT2D eigenvalue weighted by molar-refractivity contribution is -0.140. The number of allylic oxidation sites excluding steroid dienone is 2. The van der Waals surface area contributed by atoms with E-state index in [4.69, 9.17) is 9.47 Å². The molecule has 136 valence electrons. The lowest BCUT2D eigenvalue weighted by atomic mass is 9.85. The van der Waals surface area contributed by atoms with Crippen LogP contribution in [-0.4, -0.2) is 36.0 Å². The number of nitrogens with one attached hydrogen (secondary N) is 1. The van der Waals surface area contributed by atoms with Crippen LogP contribution < -0.4 is 14.8 Å². The average molecular weight is 356 g/mol. The number of nitrogens with zero attached hydrogens (tertiary/aromatic N) is 1. The first-order valence-corrected chi connectivity index (χ1v) is 8.79. The van der Waals surface area contributed by atoms with E-state index in [1.165, 1.54) is 4.90 Å². The Labute approximate surface area is 150 Å². The highest BCUT2D eigenvalue weighted by Crippen LogP contribution is 2.35. The zero-order valence-corrected chi connectivity index (χ0v) is 14.3. The lowest BCUT2D eigenvalue weighted by Gasteiger charge is -2.14. The summed E-state index contributed by atoms with van der Waals surface area (Å²) in [5.41, 5.74) is 0.896. The fraction of sp³-hybridized carbons (Fsp3) is 0.421. The lowest BCUT2D eigenvalue weighted by Crippen LogP contribution is -2.35. The maximum Gasteiger partial charge on any atom is 0.233 e. The van der Waals surface area contributed by atoms with Crippen molar-refractivity contribution >= 4 is 17.7 Å². The predicted molar refractivity (Wildman–Crippen MR) is 91.1 cm³/mol. The Kier molecular flexibility index (Phi) is 4.36. The van der Waals surface area contributed by atoms with E-state index in [0.717, 1.165) is 5.56 Å². The molecule has 1 aromatic rings. The van der Waals surface area contributed by atoms with E-state index in [1.807, 2.05) is 24.3 Å². The third-order valence-electron chi connectivity index (χ3n) is 5.09. The van der Waals surface area contributed by atoms with Crippen LogP contribution in [0.25, 0.3) is 0 Å². The Morgan fingerprint density at radius 1 is 1.08 bits per heavy atom. The van der Waals surface area contributed by atoms with Crippen LogP contribution in [0.5, 0.6) is 11.5 Å². The van der Waals surface area contributed by atoms with Crippen molar-refractivity contribution in [2.45, 2.75) is 25.8 Å². The summed E-state index contributed by atoms with van der Waals surface area (Å²) in [4.78, 5) is 38.1. The molecule has 3 aliphatic rings. The number of fused-ring (bicyclic) bond motifs is 2. The average Bonchev–Trinajstić information content (AvgIpc) is 3.22. The second-order valence-corrected chi connectivity index (χ2v) is 6.70. The number of carbonyl (C=O) groups is 3. The number of benzene rings is 1. The van der Waals surface area contributed by atoms with E-state index in [-0.39, 0.29) is 49.3 Å². The monoisotopic (exact) mass is 356 g/mol. The van der Waals surface area contributed by atoms with Crippen molar-refractivity contribution in [2.24, 2.45) is 11.8 Å².